The van der Waals surface area contributed by atoms with Crippen LogP contribution in [0.5, 0.6) is 5.75 Å². The molecule has 1 aliphatic heterocycles. The smallest absolute Gasteiger partial charge is 0.165 e. The monoisotopic (exact) mass is 226 g/mol. The fourth-order valence-corrected chi connectivity index (χ4v) is 1.77. The lowest BCUT2D eigenvalue weighted by Crippen LogP contribution is -2.26. The standard InChI is InChI=1S/C12H15FO3/c13-11-3-1-2-9(8-14)12(11)16-10-4-6-15-7-5-10/h1-3,10,14H,4-8H2. The van der Waals surface area contributed by atoms with Gasteiger partial charge in [-0.2, -0.15) is 0 Å². The second-order valence-corrected chi connectivity index (χ2v) is 3.82. The maximum Gasteiger partial charge on any atom is 0.165 e. The summed E-state index contributed by atoms with van der Waals surface area (Å²) in [6.45, 7) is 1.08. The van der Waals surface area contributed by atoms with Crippen LogP contribution in [0.4, 0.5) is 4.39 Å². The van der Waals surface area contributed by atoms with Crippen molar-refractivity contribution in [3.63, 3.8) is 0 Å². The summed E-state index contributed by atoms with van der Waals surface area (Å²) in [6, 6.07) is 4.57. The first-order valence-electron chi connectivity index (χ1n) is 5.44. The number of ether oxygens (including phenoxy) is 2. The van der Waals surface area contributed by atoms with Crippen LogP contribution in [0.25, 0.3) is 0 Å². The Morgan fingerprint density at radius 3 is 2.81 bits per heavy atom. The van der Waals surface area contributed by atoms with Crippen LogP contribution in [0.3, 0.4) is 0 Å². The molecule has 4 heteroatoms. The predicted molar refractivity (Wildman–Crippen MR) is 56.8 cm³/mol. The van der Waals surface area contributed by atoms with Crippen molar-refractivity contribution in [1.82, 2.24) is 0 Å². The van der Waals surface area contributed by atoms with Gasteiger partial charge in [-0.1, -0.05) is 12.1 Å². The lowest BCUT2D eigenvalue weighted by Gasteiger charge is -2.24. The third kappa shape index (κ3) is 2.51. The van der Waals surface area contributed by atoms with E-state index in [4.69, 9.17) is 14.6 Å². The van der Waals surface area contributed by atoms with E-state index in [1.807, 2.05) is 0 Å². The zero-order valence-electron chi connectivity index (χ0n) is 8.99. The quantitative estimate of drug-likeness (QED) is 0.855. The second kappa shape index (κ2) is 5.27. The molecule has 88 valence electrons. The third-order valence-corrected chi connectivity index (χ3v) is 2.67. The first-order chi connectivity index (χ1) is 7.81. The SMILES string of the molecule is OCc1cccc(F)c1OC1CCOCC1. The van der Waals surface area contributed by atoms with Gasteiger partial charge in [-0.3, -0.25) is 0 Å². The van der Waals surface area contributed by atoms with Crippen molar-refractivity contribution >= 4 is 0 Å². The minimum atomic E-state index is -0.418. The number of hydrogen-bond acceptors (Lipinski definition) is 3. The van der Waals surface area contributed by atoms with Gasteiger partial charge >= 0.3 is 0 Å². The van der Waals surface area contributed by atoms with Crippen LogP contribution >= 0.6 is 0 Å². The molecule has 3 nitrogen and oxygen atoms in total. The second-order valence-electron chi connectivity index (χ2n) is 3.82. The molecule has 1 aromatic rings. The highest BCUT2D eigenvalue weighted by atomic mass is 19.1. The van der Waals surface area contributed by atoms with E-state index < -0.39 is 5.82 Å². The van der Waals surface area contributed by atoms with E-state index in [0.717, 1.165) is 12.8 Å². The van der Waals surface area contributed by atoms with Gasteiger partial charge in [0.05, 0.1) is 19.8 Å². The van der Waals surface area contributed by atoms with Crippen molar-refractivity contribution in [2.75, 3.05) is 13.2 Å². The molecule has 1 fully saturated rings. The lowest BCUT2D eigenvalue weighted by molar-refractivity contribution is 0.0231. The van der Waals surface area contributed by atoms with E-state index in [0.29, 0.717) is 18.8 Å². The highest BCUT2D eigenvalue weighted by Gasteiger charge is 2.18. The molecule has 1 saturated heterocycles. The summed E-state index contributed by atoms with van der Waals surface area (Å²) < 4.78 is 24.3. The van der Waals surface area contributed by atoms with Crippen molar-refractivity contribution in [2.45, 2.75) is 25.6 Å². The molecule has 0 atom stereocenters. The molecule has 0 spiro atoms. The average Bonchev–Trinajstić information content (AvgIpc) is 2.33. The Morgan fingerprint density at radius 2 is 2.12 bits per heavy atom. The van der Waals surface area contributed by atoms with E-state index in [9.17, 15) is 4.39 Å². The summed E-state index contributed by atoms with van der Waals surface area (Å²) in [4.78, 5) is 0. The summed E-state index contributed by atoms with van der Waals surface area (Å²) in [7, 11) is 0. The summed E-state index contributed by atoms with van der Waals surface area (Å²) in [6.07, 6.45) is 1.51. The molecule has 2 rings (SSSR count). The Bertz CT molecular complexity index is 348. The fraction of sp³-hybridized carbons (Fsp3) is 0.500. The average molecular weight is 226 g/mol. The Hall–Kier alpha value is -1.13. The van der Waals surface area contributed by atoms with Gasteiger partial charge in [-0.25, -0.2) is 4.39 Å². The Morgan fingerprint density at radius 1 is 1.38 bits per heavy atom. The van der Waals surface area contributed by atoms with Gasteiger partial charge in [-0.05, 0) is 6.07 Å². The van der Waals surface area contributed by atoms with Crippen molar-refractivity contribution in [2.24, 2.45) is 0 Å². The molecular formula is C12H15FO3. The normalized spacial score (nSPS) is 17.4. The van der Waals surface area contributed by atoms with Crippen LogP contribution in [0.1, 0.15) is 18.4 Å². The van der Waals surface area contributed by atoms with E-state index in [-0.39, 0.29) is 18.5 Å². The molecular weight excluding hydrogens is 211 g/mol. The topological polar surface area (TPSA) is 38.7 Å². The molecule has 0 unspecified atom stereocenters. The van der Waals surface area contributed by atoms with Crippen LogP contribution in [0.15, 0.2) is 18.2 Å². The molecule has 0 radical (unpaired) electrons. The molecule has 0 saturated carbocycles. The molecule has 1 N–H and O–H groups in total. The molecule has 1 heterocycles. The molecule has 0 aliphatic carbocycles. The third-order valence-electron chi connectivity index (χ3n) is 2.67. The van der Waals surface area contributed by atoms with Gasteiger partial charge in [-0.15, -0.1) is 0 Å². The molecule has 1 aliphatic rings. The van der Waals surface area contributed by atoms with Gasteiger partial charge in [0.25, 0.3) is 0 Å². The number of para-hydroxylation sites is 1. The highest BCUT2D eigenvalue weighted by Crippen LogP contribution is 2.26. The summed E-state index contributed by atoms with van der Waals surface area (Å²) >= 11 is 0. The van der Waals surface area contributed by atoms with Crippen LogP contribution in [0.2, 0.25) is 0 Å². The minimum absolute atomic E-state index is 0.0176. The van der Waals surface area contributed by atoms with Crippen molar-refractivity contribution < 1.29 is 19.0 Å². The van der Waals surface area contributed by atoms with Gasteiger partial charge in [0.1, 0.15) is 6.10 Å². The number of benzene rings is 1. The maximum atomic E-state index is 13.5. The Labute approximate surface area is 93.8 Å². The molecule has 0 aromatic heterocycles. The van der Waals surface area contributed by atoms with Crippen LogP contribution in [-0.4, -0.2) is 24.4 Å². The van der Waals surface area contributed by atoms with E-state index >= 15 is 0 Å². The van der Waals surface area contributed by atoms with Gasteiger partial charge in [0.15, 0.2) is 11.6 Å². The predicted octanol–water partition coefficient (Wildman–Crippen LogP) is 1.88. The largest absolute Gasteiger partial charge is 0.487 e. The van der Waals surface area contributed by atoms with E-state index in [2.05, 4.69) is 0 Å². The minimum Gasteiger partial charge on any atom is -0.487 e. The van der Waals surface area contributed by atoms with Crippen molar-refractivity contribution in [3.8, 4) is 5.75 Å². The summed E-state index contributed by atoms with van der Waals surface area (Å²) in [5.74, 6) is -0.241. The number of halogens is 1. The molecule has 0 amide bonds. The lowest BCUT2D eigenvalue weighted by atomic mass is 10.1. The van der Waals surface area contributed by atoms with Crippen LogP contribution in [0, 0.1) is 5.82 Å². The van der Waals surface area contributed by atoms with Gasteiger partial charge in [0.2, 0.25) is 0 Å². The summed E-state index contributed by atoms with van der Waals surface area (Å²) in [5, 5.41) is 9.10. The van der Waals surface area contributed by atoms with Gasteiger partial charge in [0, 0.05) is 18.4 Å². The molecule has 0 bridgehead atoms. The fourth-order valence-electron chi connectivity index (χ4n) is 1.77. The van der Waals surface area contributed by atoms with Crippen molar-refractivity contribution in [3.05, 3.63) is 29.6 Å². The number of rotatable bonds is 3. The number of aliphatic hydroxyl groups is 1. The summed E-state index contributed by atoms with van der Waals surface area (Å²) in [5.41, 5.74) is 0.492. The number of hydrogen-bond donors (Lipinski definition) is 1. The zero-order chi connectivity index (χ0) is 11.4. The van der Waals surface area contributed by atoms with Crippen LogP contribution in [-0.2, 0) is 11.3 Å². The maximum absolute atomic E-state index is 13.5. The first-order valence-corrected chi connectivity index (χ1v) is 5.44. The van der Waals surface area contributed by atoms with Crippen LogP contribution < -0.4 is 4.74 Å². The highest BCUT2D eigenvalue weighted by molar-refractivity contribution is 5.34. The van der Waals surface area contributed by atoms with Crippen molar-refractivity contribution in [1.29, 1.82) is 0 Å². The Balaban J connectivity index is 2.12. The first kappa shape index (κ1) is 11.4. The van der Waals surface area contributed by atoms with Gasteiger partial charge < -0.3 is 14.6 Å². The Kier molecular flexibility index (Phi) is 3.74. The molecule has 1 aromatic carbocycles. The molecule has 16 heavy (non-hydrogen) atoms. The number of aliphatic hydroxyl groups excluding tert-OH is 1. The van der Waals surface area contributed by atoms with E-state index in [1.54, 1.807) is 12.1 Å². The van der Waals surface area contributed by atoms with E-state index in [1.165, 1.54) is 6.07 Å². The zero-order valence-corrected chi connectivity index (χ0v) is 8.99.